The normalized spacial score (nSPS) is 30.2. The topological polar surface area (TPSA) is 129 Å². The van der Waals surface area contributed by atoms with Crippen molar-refractivity contribution < 1.29 is 38.1 Å². The number of nitrogens with one attached hydrogen (secondary N) is 1. The molecule has 3 amide bonds. The summed E-state index contributed by atoms with van der Waals surface area (Å²) < 4.78 is 33.0. The Morgan fingerprint density at radius 2 is 1.78 bits per heavy atom. The van der Waals surface area contributed by atoms with E-state index in [1.165, 1.54) is 0 Å². The Bertz CT molecular complexity index is 1260. The number of nitrogens with zero attached hydrogens (tertiary/aromatic N) is 2. The summed E-state index contributed by atoms with van der Waals surface area (Å²) in [6, 6.07) is 11.6. The summed E-state index contributed by atoms with van der Waals surface area (Å²) in [5, 5.41) is 25.5. The van der Waals surface area contributed by atoms with Crippen LogP contribution in [0.5, 0.6) is 0 Å². The van der Waals surface area contributed by atoms with Gasteiger partial charge in [0.25, 0.3) is 0 Å². The van der Waals surface area contributed by atoms with Crippen molar-refractivity contribution in [1.82, 2.24) is 5.43 Å². The second-order valence-corrected chi connectivity index (χ2v) is 9.54. The van der Waals surface area contributed by atoms with Crippen LogP contribution in [0.1, 0.15) is 24.8 Å². The van der Waals surface area contributed by atoms with Crippen molar-refractivity contribution >= 4 is 29.3 Å². The fourth-order valence-corrected chi connectivity index (χ4v) is 5.77. The summed E-state index contributed by atoms with van der Waals surface area (Å²) in [6.07, 6.45) is -2.87. The van der Waals surface area contributed by atoms with Crippen molar-refractivity contribution in [2.75, 3.05) is 4.90 Å². The van der Waals surface area contributed by atoms with Crippen molar-refractivity contribution in [1.29, 1.82) is 0 Å². The van der Waals surface area contributed by atoms with Crippen LogP contribution in [0.2, 0.25) is 0 Å². The van der Waals surface area contributed by atoms with Gasteiger partial charge in [0.2, 0.25) is 11.8 Å². The quantitative estimate of drug-likeness (QED) is 0.426. The number of benzene rings is 2. The standard InChI is InChI=1S/C26H25F2N3O6/c27-14-6-9-19(17(28)10-14)31-24(34)16-8-7-15-18(11-20(32)23(33)21(15)22(16)25(31)35)29-30-26(36)37-12-13-4-2-1-3-5-13/h1-6,9-10,15-16,20-23,32-33H,7-8,11-12H2,(H,30,36)/b29-18+/t15-,16-,20-,21+,22-,23-/m1/s1. The number of ether oxygens (including phenoxy) is 1. The average molecular weight is 513 g/mol. The first-order valence-corrected chi connectivity index (χ1v) is 12.0. The van der Waals surface area contributed by atoms with Gasteiger partial charge < -0.3 is 14.9 Å². The van der Waals surface area contributed by atoms with Crippen molar-refractivity contribution in [2.45, 2.75) is 38.1 Å². The zero-order chi connectivity index (χ0) is 26.3. The SMILES string of the molecule is O=C(N/N=C1\C[C@@H](O)[C@@H](O)[C@@H]2[C@@H]3C(=O)N(c4ccc(F)cc4F)C(=O)[C@@H]3CC[C@H]12)OCc1ccccc1. The highest BCUT2D eigenvalue weighted by Crippen LogP contribution is 2.50. The third kappa shape index (κ3) is 4.60. The minimum Gasteiger partial charge on any atom is -0.443 e. The smallest absolute Gasteiger partial charge is 0.428 e. The molecule has 1 aliphatic heterocycles. The molecule has 3 aliphatic rings. The van der Waals surface area contributed by atoms with Crippen LogP contribution < -0.4 is 10.3 Å². The van der Waals surface area contributed by atoms with Gasteiger partial charge >= 0.3 is 6.09 Å². The molecule has 6 atom stereocenters. The van der Waals surface area contributed by atoms with Crippen molar-refractivity contribution in [3.63, 3.8) is 0 Å². The molecule has 1 heterocycles. The largest absolute Gasteiger partial charge is 0.443 e. The number of fused-ring (bicyclic) bond motifs is 3. The number of imide groups is 1. The van der Waals surface area contributed by atoms with Crippen molar-refractivity contribution in [3.05, 3.63) is 65.7 Å². The first-order valence-electron chi connectivity index (χ1n) is 12.0. The van der Waals surface area contributed by atoms with Crippen LogP contribution in [0.15, 0.2) is 53.6 Å². The molecule has 11 heteroatoms. The van der Waals surface area contributed by atoms with Gasteiger partial charge in [-0.3, -0.25) is 9.59 Å². The second-order valence-electron chi connectivity index (χ2n) is 9.54. The molecule has 0 spiro atoms. The first-order chi connectivity index (χ1) is 17.8. The van der Waals surface area contributed by atoms with Crippen LogP contribution in [-0.4, -0.2) is 46.0 Å². The number of rotatable bonds is 4. The molecule has 9 nitrogen and oxygen atoms in total. The maximum atomic E-state index is 14.5. The van der Waals surface area contributed by atoms with E-state index >= 15 is 0 Å². The Hall–Kier alpha value is -3.70. The third-order valence-electron chi connectivity index (χ3n) is 7.43. The number of anilines is 1. The van der Waals surface area contributed by atoms with E-state index in [9.17, 15) is 33.4 Å². The van der Waals surface area contributed by atoms with E-state index in [4.69, 9.17) is 4.74 Å². The van der Waals surface area contributed by atoms with Gasteiger partial charge in [-0.2, -0.15) is 5.10 Å². The van der Waals surface area contributed by atoms with Gasteiger partial charge in [-0.05, 0) is 30.5 Å². The Balaban J connectivity index is 1.35. The lowest BCUT2D eigenvalue weighted by Gasteiger charge is -2.45. The fourth-order valence-electron chi connectivity index (χ4n) is 5.77. The van der Waals surface area contributed by atoms with Crippen LogP contribution in [0.4, 0.5) is 19.3 Å². The fraction of sp³-hybridized carbons (Fsp3) is 0.385. The number of aliphatic hydroxyl groups excluding tert-OH is 2. The number of carbonyl (C=O) groups is 3. The minimum atomic E-state index is -1.34. The van der Waals surface area contributed by atoms with E-state index in [2.05, 4.69) is 10.5 Å². The number of hydrogen-bond donors (Lipinski definition) is 3. The Labute approximate surface area is 210 Å². The second kappa shape index (κ2) is 9.98. The summed E-state index contributed by atoms with van der Waals surface area (Å²) in [7, 11) is 0. The van der Waals surface area contributed by atoms with E-state index in [1.54, 1.807) is 12.1 Å². The zero-order valence-corrected chi connectivity index (χ0v) is 19.6. The van der Waals surface area contributed by atoms with Crippen LogP contribution >= 0.6 is 0 Å². The minimum absolute atomic E-state index is 0.0288. The molecule has 3 N–H and O–H groups in total. The average Bonchev–Trinajstić information content (AvgIpc) is 3.14. The van der Waals surface area contributed by atoms with Crippen LogP contribution in [0.25, 0.3) is 0 Å². The van der Waals surface area contributed by atoms with E-state index in [0.29, 0.717) is 23.1 Å². The van der Waals surface area contributed by atoms with Gasteiger partial charge in [0.1, 0.15) is 18.2 Å². The number of carbonyl (C=O) groups excluding carboxylic acids is 3. The monoisotopic (exact) mass is 513 g/mol. The molecule has 2 saturated carbocycles. The molecule has 194 valence electrons. The van der Waals surface area contributed by atoms with Gasteiger partial charge in [-0.15, -0.1) is 0 Å². The molecule has 0 radical (unpaired) electrons. The molecule has 2 aromatic carbocycles. The van der Waals surface area contributed by atoms with Crippen molar-refractivity contribution in [2.24, 2.45) is 28.8 Å². The molecular formula is C26H25F2N3O6. The lowest BCUT2D eigenvalue weighted by molar-refractivity contribution is -0.132. The van der Waals surface area contributed by atoms with Crippen LogP contribution in [-0.2, 0) is 20.9 Å². The number of amides is 3. The predicted molar refractivity (Wildman–Crippen MR) is 126 cm³/mol. The van der Waals surface area contributed by atoms with E-state index in [0.717, 1.165) is 17.7 Å². The number of aliphatic hydroxyl groups is 2. The van der Waals surface area contributed by atoms with E-state index in [-0.39, 0.29) is 25.1 Å². The zero-order valence-electron chi connectivity index (χ0n) is 19.6. The van der Waals surface area contributed by atoms with Crippen LogP contribution in [0, 0.1) is 35.3 Å². The maximum absolute atomic E-state index is 14.5. The number of halogens is 2. The molecule has 0 unspecified atom stereocenters. The molecule has 1 saturated heterocycles. The molecule has 2 aliphatic carbocycles. The lowest BCUT2D eigenvalue weighted by Crippen LogP contribution is -2.55. The van der Waals surface area contributed by atoms with Gasteiger partial charge in [-0.1, -0.05) is 30.3 Å². The highest BCUT2D eigenvalue weighted by atomic mass is 19.1. The van der Waals surface area contributed by atoms with Gasteiger partial charge in [0, 0.05) is 30.0 Å². The highest BCUT2D eigenvalue weighted by Gasteiger charge is 2.60. The summed E-state index contributed by atoms with van der Waals surface area (Å²) in [5.74, 6) is -6.51. The lowest BCUT2D eigenvalue weighted by atomic mass is 9.60. The molecule has 3 fully saturated rings. The van der Waals surface area contributed by atoms with Crippen molar-refractivity contribution in [3.8, 4) is 0 Å². The molecule has 0 aromatic heterocycles. The molecule has 2 aromatic rings. The number of hydrazone groups is 1. The molecular weight excluding hydrogens is 488 g/mol. The molecule has 5 rings (SSSR count). The Morgan fingerprint density at radius 1 is 1.05 bits per heavy atom. The van der Waals surface area contributed by atoms with E-state index < -0.39 is 65.4 Å². The van der Waals surface area contributed by atoms with E-state index in [1.807, 2.05) is 18.2 Å². The maximum Gasteiger partial charge on any atom is 0.428 e. The molecule has 0 bridgehead atoms. The Morgan fingerprint density at radius 3 is 2.51 bits per heavy atom. The first kappa shape index (κ1) is 25.0. The highest BCUT2D eigenvalue weighted by molar-refractivity contribution is 6.22. The summed E-state index contributed by atoms with van der Waals surface area (Å²) >= 11 is 0. The Kier molecular flexibility index (Phi) is 6.74. The summed E-state index contributed by atoms with van der Waals surface area (Å²) in [5.41, 5.74) is 3.10. The number of hydrogen-bond acceptors (Lipinski definition) is 7. The van der Waals surface area contributed by atoms with Gasteiger partial charge in [-0.25, -0.2) is 23.9 Å². The van der Waals surface area contributed by atoms with Gasteiger partial charge in [0.15, 0.2) is 0 Å². The van der Waals surface area contributed by atoms with Gasteiger partial charge in [0.05, 0.1) is 29.7 Å². The third-order valence-corrected chi connectivity index (χ3v) is 7.43. The van der Waals surface area contributed by atoms with Crippen LogP contribution in [0.3, 0.4) is 0 Å². The predicted octanol–water partition coefficient (Wildman–Crippen LogP) is 2.50. The summed E-state index contributed by atoms with van der Waals surface area (Å²) in [4.78, 5) is 39.4. The summed E-state index contributed by atoms with van der Waals surface area (Å²) in [6.45, 7) is 0.0288. The molecule has 37 heavy (non-hydrogen) atoms.